The third-order valence-corrected chi connectivity index (χ3v) is 1.09. The minimum absolute atomic E-state index is 0.433. The van der Waals surface area contributed by atoms with Gasteiger partial charge in [-0.15, -0.1) is 0 Å². The molecule has 2 N–H and O–H groups in total. The van der Waals surface area contributed by atoms with Crippen molar-refractivity contribution < 1.29 is 0 Å². The molecule has 10 heavy (non-hydrogen) atoms. The molecule has 0 aromatic carbocycles. The van der Waals surface area contributed by atoms with Gasteiger partial charge >= 0.3 is 0 Å². The maximum absolute atomic E-state index is 5.45. The minimum atomic E-state index is 0.433. The topological polar surface area (TPSA) is 64.2 Å². The molecule has 52 valence electrons. The van der Waals surface area contributed by atoms with E-state index in [1.54, 1.807) is 19.3 Å². The van der Waals surface area contributed by atoms with Gasteiger partial charge in [-0.3, -0.25) is 4.99 Å². The second-order valence-electron chi connectivity index (χ2n) is 1.70. The molecule has 0 radical (unpaired) electrons. The monoisotopic (exact) mass is 136 g/mol. The largest absolute Gasteiger partial charge is 0.382 e. The fourth-order valence-corrected chi connectivity index (χ4v) is 0.557. The molecule has 4 heteroatoms. The SMILES string of the molecule is CN=C(N)c1ccncn1. The zero-order valence-corrected chi connectivity index (χ0v) is 5.65. The number of hydrogen-bond acceptors (Lipinski definition) is 3. The minimum Gasteiger partial charge on any atom is -0.382 e. The Kier molecular flexibility index (Phi) is 1.94. The van der Waals surface area contributed by atoms with E-state index in [2.05, 4.69) is 15.0 Å². The van der Waals surface area contributed by atoms with Crippen LogP contribution >= 0.6 is 0 Å². The van der Waals surface area contributed by atoms with E-state index in [1.807, 2.05) is 0 Å². The van der Waals surface area contributed by atoms with E-state index >= 15 is 0 Å². The Bertz CT molecular complexity index is 229. The third kappa shape index (κ3) is 1.28. The van der Waals surface area contributed by atoms with Gasteiger partial charge in [0, 0.05) is 13.2 Å². The van der Waals surface area contributed by atoms with Gasteiger partial charge in [0.2, 0.25) is 0 Å². The van der Waals surface area contributed by atoms with Crippen molar-refractivity contribution >= 4 is 5.84 Å². The lowest BCUT2D eigenvalue weighted by atomic mass is 10.4. The van der Waals surface area contributed by atoms with Crippen LogP contribution in [0.25, 0.3) is 0 Å². The molecule has 0 aliphatic rings. The first-order valence-corrected chi connectivity index (χ1v) is 2.83. The highest BCUT2D eigenvalue weighted by atomic mass is 14.9. The van der Waals surface area contributed by atoms with E-state index in [4.69, 9.17) is 5.73 Å². The van der Waals surface area contributed by atoms with Gasteiger partial charge in [-0.2, -0.15) is 0 Å². The highest BCUT2D eigenvalue weighted by molar-refractivity contribution is 5.95. The van der Waals surface area contributed by atoms with Crippen LogP contribution in [0, 0.1) is 0 Å². The molecule has 0 unspecified atom stereocenters. The van der Waals surface area contributed by atoms with Gasteiger partial charge in [-0.25, -0.2) is 9.97 Å². The lowest BCUT2D eigenvalue weighted by Gasteiger charge is -1.94. The summed E-state index contributed by atoms with van der Waals surface area (Å²) in [5.74, 6) is 0.433. The van der Waals surface area contributed by atoms with E-state index in [0.29, 0.717) is 11.5 Å². The first-order chi connectivity index (χ1) is 4.84. The summed E-state index contributed by atoms with van der Waals surface area (Å²) >= 11 is 0. The fourth-order valence-electron chi connectivity index (χ4n) is 0.557. The molecule has 0 aliphatic heterocycles. The van der Waals surface area contributed by atoms with Crippen molar-refractivity contribution in [3.63, 3.8) is 0 Å². The molecular weight excluding hydrogens is 128 g/mol. The summed E-state index contributed by atoms with van der Waals surface area (Å²) in [6, 6.07) is 1.71. The van der Waals surface area contributed by atoms with Gasteiger partial charge < -0.3 is 5.73 Å². The molecule has 1 aromatic heterocycles. The number of hydrogen-bond donors (Lipinski definition) is 1. The normalized spacial score (nSPS) is 11.5. The van der Waals surface area contributed by atoms with E-state index in [1.165, 1.54) is 6.33 Å². The molecule has 0 saturated heterocycles. The van der Waals surface area contributed by atoms with E-state index in [9.17, 15) is 0 Å². The van der Waals surface area contributed by atoms with Crippen molar-refractivity contribution in [3.8, 4) is 0 Å². The maximum Gasteiger partial charge on any atom is 0.144 e. The van der Waals surface area contributed by atoms with Gasteiger partial charge in [-0.05, 0) is 6.07 Å². The Labute approximate surface area is 58.8 Å². The van der Waals surface area contributed by atoms with Crippen LogP contribution in [-0.4, -0.2) is 22.9 Å². The molecule has 0 amide bonds. The summed E-state index contributed by atoms with van der Waals surface area (Å²) in [4.78, 5) is 11.4. The van der Waals surface area contributed by atoms with E-state index < -0.39 is 0 Å². The predicted molar refractivity (Wildman–Crippen MR) is 38.7 cm³/mol. The standard InChI is InChI=1S/C6H8N4/c1-8-6(7)5-2-3-9-4-10-5/h2-4H,1H3,(H2,7,8). The molecular formula is C6H8N4. The van der Waals surface area contributed by atoms with Crippen LogP contribution < -0.4 is 5.73 Å². The van der Waals surface area contributed by atoms with Gasteiger partial charge in [-0.1, -0.05) is 0 Å². The quantitative estimate of drug-likeness (QED) is 0.430. The lowest BCUT2D eigenvalue weighted by Crippen LogP contribution is -2.14. The van der Waals surface area contributed by atoms with Gasteiger partial charge in [0.05, 0.1) is 0 Å². The fraction of sp³-hybridized carbons (Fsp3) is 0.167. The van der Waals surface area contributed by atoms with Crippen molar-refractivity contribution in [1.82, 2.24) is 9.97 Å². The molecule has 1 rings (SSSR count). The maximum atomic E-state index is 5.45. The molecule has 0 saturated carbocycles. The van der Waals surface area contributed by atoms with Gasteiger partial charge in [0.1, 0.15) is 17.9 Å². The number of nitrogens with zero attached hydrogens (tertiary/aromatic N) is 3. The zero-order valence-electron chi connectivity index (χ0n) is 5.65. The summed E-state index contributed by atoms with van der Waals surface area (Å²) in [5, 5.41) is 0. The van der Waals surface area contributed by atoms with Crippen LogP contribution in [0.3, 0.4) is 0 Å². The lowest BCUT2D eigenvalue weighted by molar-refractivity contribution is 1.14. The zero-order chi connectivity index (χ0) is 7.40. The Morgan fingerprint density at radius 3 is 3.00 bits per heavy atom. The summed E-state index contributed by atoms with van der Waals surface area (Å²) in [6.45, 7) is 0. The van der Waals surface area contributed by atoms with Gasteiger partial charge in [0.25, 0.3) is 0 Å². The van der Waals surface area contributed by atoms with Crippen LogP contribution in [0.1, 0.15) is 5.69 Å². The molecule has 0 bridgehead atoms. The van der Waals surface area contributed by atoms with Crippen LogP contribution in [0.2, 0.25) is 0 Å². The number of nitrogens with two attached hydrogens (primary N) is 1. The average molecular weight is 136 g/mol. The second-order valence-corrected chi connectivity index (χ2v) is 1.70. The number of rotatable bonds is 1. The van der Waals surface area contributed by atoms with Crippen molar-refractivity contribution in [3.05, 3.63) is 24.3 Å². The Balaban J connectivity index is 2.96. The van der Waals surface area contributed by atoms with Crippen LogP contribution in [0.4, 0.5) is 0 Å². The highest BCUT2D eigenvalue weighted by Gasteiger charge is 1.94. The number of aliphatic imine (C=N–C) groups is 1. The molecule has 1 heterocycles. The smallest absolute Gasteiger partial charge is 0.144 e. The summed E-state index contributed by atoms with van der Waals surface area (Å²) in [7, 11) is 1.62. The Morgan fingerprint density at radius 1 is 1.70 bits per heavy atom. The first kappa shape index (κ1) is 6.67. The van der Waals surface area contributed by atoms with Crippen LogP contribution in [0.15, 0.2) is 23.6 Å². The number of aromatic nitrogens is 2. The van der Waals surface area contributed by atoms with Gasteiger partial charge in [0.15, 0.2) is 0 Å². The summed E-state index contributed by atoms with van der Waals surface area (Å²) in [6.07, 6.45) is 3.06. The second kappa shape index (κ2) is 2.91. The molecule has 1 aromatic rings. The molecule has 0 aliphatic carbocycles. The first-order valence-electron chi connectivity index (χ1n) is 2.83. The van der Waals surface area contributed by atoms with Crippen molar-refractivity contribution in [2.75, 3.05) is 7.05 Å². The van der Waals surface area contributed by atoms with E-state index in [-0.39, 0.29) is 0 Å². The van der Waals surface area contributed by atoms with Crippen molar-refractivity contribution in [1.29, 1.82) is 0 Å². The third-order valence-electron chi connectivity index (χ3n) is 1.09. The Hall–Kier alpha value is -1.45. The molecule has 4 nitrogen and oxygen atoms in total. The average Bonchev–Trinajstić information content (AvgIpc) is 2.05. The highest BCUT2D eigenvalue weighted by Crippen LogP contribution is 1.88. The van der Waals surface area contributed by atoms with E-state index in [0.717, 1.165) is 0 Å². The van der Waals surface area contributed by atoms with Crippen molar-refractivity contribution in [2.24, 2.45) is 10.7 Å². The summed E-state index contributed by atoms with van der Waals surface area (Å²) in [5.41, 5.74) is 6.12. The molecule has 0 spiro atoms. The van der Waals surface area contributed by atoms with Crippen LogP contribution in [0.5, 0.6) is 0 Å². The summed E-state index contributed by atoms with van der Waals surface area (Å²) < 4.78 is 0. The van der Waals surface area contributed by atoms with Crippen molar-refractivity contribution in [2.45, 2.75) is 0 Å². The molecule has 0 atom stereocenters. The Morgan fingerprint density at radius 2 is 2.50 bits per heavy atom. The molecule has 0 fully saturated rings. The van der Waals surface area contributed by atoms with Crippen LogP contribution in [-0.2, 0) is 0 Å². The predicted octanol–water partition coefficient (Wildman–Crippen LogP) is -0.188. The number of amidine groups is 1.